The highest BCUT2D eigenvalue weighted by Crippen LogP contribution is 2.40. The van der Waals surface area contributed by atoms with E-state index in [-0.39, 0.29) is 12.5 Å². The normalized spacial score (nSPS) is 15.7. The number of carbonyl (C=O) groups is 1. The maximum absolute atomic E-state index is 11.3. The smallest absolute Gasteiger partial charge is 0.414 e. The number of rotatable bonds is 3. The van der Waals surface area contributed by atoms with Crippen LogP contribution < -0.4 is 5.32 Å². The lowest BCUT2D eigenvalue weighted by Crippen LogP contribution is -2.21. The molecule has 2 rings (SSSR count). The number of carbonyl (C=O) groups excluding carboxylic acids is 1. The van der Waals surface area contributed by atoms with Gasteiger partial charge in [-0.15, -0.1) is 0 Å². The Bertz CT molecular complexity index is 412. The average Bonchev–Trinajstić information content (AvgIpc) is 2.97. The van der Waals surface area contributed by atoms with Crippen molar-refractivity contribution in [2.24, 2.45) is 0 Å². The molecule has 1 aromatic rings. The maximum Gasteiger partial charge on any atom is 0.414 e. The fourth-order valence-electron chi connectivity index (χ4n) is 1.20. The molecule has 0 aromatic carbocycles. The van der Waals surface area contributed by atoms with E-state index >= 15 is 0 Å². The van der Waals surface area contributed by atoms with Crippen LogP contribution in [0.4, 0.5) is 10.7 Å². The Labute approximate surface area is 112 Å². The summed E-state index contributed by atoms with van der Waals surface area (Å²) in [7, 11) is 0. The van der Waals surface area contributed by atoms with Gasteiger partial charge in [-0.3, -0.25) is 5.32 Å². The van der Waals surface area contributed by atoms with Crippen molar-refractivity contribution in [3.63, 3.8) is 0 Å². The fraction of sp³-hybridized carbons (Fsp3) is 0.556. The quantitative estimate of drug-likeness (QED) is 0.868. The lowest BCUT2D eigenvalue weighted by atomic mass is 10.3. The summed E-state index contributed by atoms with van der Waals surface area (Å²) in [5, 5.41) is 6.17. The molecule has 17 heavy (non-hydrogen) atoms. The van der Waals surface area contributed by atoms with Gasteiger partial charge in [0.05, 0.1) is 5.69 Å². The number of alkyl halides is 3. The summed E-state index contributed by atoms with van der Waals surface area (Å²) in [6, 6.07) is 1.66. The summed E-state index contributed by atoms with van der Waals surface area (Å²) in [6.45, 7) is -0.340. The van der Waals surface area contributed by atoms with E-state index in [1.54, 1.807) is 6.07 Å². The van der Waals surface area contributed by atoms with E-state index in [9.17, 15) is 4.79 Å². The second-order valence-corrected chi connectivity index (χ2v) is 6.22. The lowest BCUT2D eigenvalue weighted by Gasteiger charge is -2.10. The van der Waals surface area contributed by atoms with Crippen LogP contribution in [0.15, 0.2) is 10.6 Å². The summed E-state index contributed by atoms with van der Waals surface area (Å²) >= 11 is 16.3. The van der Waals surface area contributed by atoms with Crippen LogP contribution in [0.2, 0.25) is 0 Å². The summed E-state index contributed by atoms with van der Waals surface area (Å²) in [6.07, 6.45) is 1.45. The molecule has 0 saturated heterocycles. The lowest BCUT2D eigenvalue weighted by molar-refractivity contribution is 0.163. The maximum atomic E-state index is 11.3. The van der Waals surface area contributed by atoms with E-state index in [4.69, 9.17) is 39.3 Å². The first kappa shape index (κ1) is 12.8. The van der Waals surface area contributed by atoms with Gasteiger partial charge in [0.15, 0.2) is 0 Å². The number of nitrogens with one attached hydrogen (secondary N) is 1. The molecule has 94 valence electrons. The Hall–Kier alpha value is -0.650. The molecule has 0 atom stereocenters. The summed E-state index contributed by atoms with van der Waals surface area (Å²) in [4.78, 5) is 11.3. The Morgan fingerprint density at radius 1 is 1.59 bits per heavy atom. The van der Waals surface area contributed by atoms with E-state index < -0.39 is 9.89 Å². The first-order chi connectivity index (χ1) is 7.94. The number of nitrogens with zero attached hydrogens (tertiary/aromatic N) is 1. The predicted octanol–water partition coefficient (Wildman–Crippen LogP) is 3.47. The van der Waals surface area contributed by atoms with Crippen molar-refractivity contribution in [1.82, 2.24) is 5.16 Å². The zero-order chi connectivity index (χ0) is 12.5. The van der Waals surface area contributed by atoms with E-state index in [1.165, 1.54) is 0 Å². The molecule has 1 amide bonds. The van der Waals surface area contributed by atoms with Gasteiger partial charge in [0.2, 0.25) is 9.68 Å². The van der Waals surface area contributed by atoms with Gasteiger partial charge in [-0.2, -0.15) is 0 Å². The van der Waals surface area contributed by atoms with Crippen LogP contribution in [0.25, 0.3) is 0 Å². The number of ether oxygens (including phenoxy) is 1. The third-order valence-corrected chi connectivity index (χ3v) is 2.44. The van der Waals surface area contributed by atoms with Crippen molar-refractivity contribution in [3.05, 3.63) is 11.8 Å². The summed E-state index contributed by atoms with van der Waals surface area (Å²) in [5.41, 5.74) is 0.835. The fourth-order valence-corrected chi connectivity index (χ4v) is 1.37. The van der Waals surface area contributed by atoms with Crippen LogP contribution in [0.3, 0.4) is 0 Å². The first-order valence-electron chi connectivity index (χ1n) is 4.91. The molecule has 0 spiro atoms. The molecule has 5 nitrogen and oxygen atoms in total. The van der Waals surface area contributed by atoms with Gasteiger partial charge in [-0.25, -0.2) is 4.79 Å². The zero-order valence-electron chi connectivity index (χ0n) is 8.58. The third-order valence-electron chi connectivity index (χ3n) is 2.12. The minimum Gasteiger partial charge on any atom is -0.445 e. The van der Waals surface area contributed by atoms with Crippen LogP contribution in [0.1, 0.15) is 24.5 Å². The van der Waals surface area contributed by atoms with Crippen molar-refractivity contribution in [2.75, 3.05) is 11.9 Å². The van der Waals surface area contributed by atoms with Crippen LogP contribution in [-0.2, 0) is 4.74 Å². The topological polar surface area (TPSA) is 64.4 Å². The molecule has 1 aromatic heterocycles. The van der Waals surface area contributed by atoms with E-state index in [0.29, 0.717) is 5.92 Å². The third kappa shape index (κ3) is 4.26. The van der Waals surface area contributed by atoms with Gasteiger partial charge in [-0.1, -0.05) is 40.0 Å². The highest BCUT2D eigenvalue weighted by molar-refractivity contribution is 6.67. The molecule has 0 bridgehead atoms. The van der Waals surface area contributed by atoms with Crippen molar-refractivity contribution < 1.29 is 14.1 Å². The number of anilines is 1. The molecular formula is C9H9Cl3N2O3. The molecule has 1 N–H and O–H groups in total. The molecule has 1 heterocycles. The molecule has 0 unspecified atom stereocenters. The molecule has 1 aliphatic carbocycles. The summed E-state index contributed by atoms with van der Waals surface area (Å²) < 4.78 is 7.94. The predicted molar refractivity (Wildman–Crippen MR) is 63.7 cm³/mol. The first-order valence-corrected chi connectivity index (χ1v) is 6.04. The second kappa shape index (κ2) is 4.92. The van der Waals surface area contributed by atoms with Gasteiger partial charge >= 0.3 is 6.09 Å². The van der Waals surface area contributed by atoms with Crippen LogP contribution in [-0.4, -0.2) is 21.6 Å². The van der Waals surface area contributed by atoms with E-state index in [1.807, 2.05) is 0 Å². The Kier molecular flexibility index (Phi) is 3.70. The van der Waals surface area contributed by atoms with Crippen molar-refractivity contribution in [1.29, 1.82) is 0 Å². The Balaban J connectivity index is 1.80. The highest BCUT2D eigenvalue weighted by Gasteiger charge is 2.27. The average molecular weight is 300 g/mol. The monoisotopic (exact) mass is 298 g/mol. The zero-order valence-corrected chi connectivity index (χ0v) is 10.8. The molecular weight excluding hydrogens is 290 g/mol. The number of hydrogen-bond donors (Lipinski definition) is 1. The number of hydrogen-bond acceptors (Lipinski definition) is 4. The van der Waals surface area contributed by atoms with Crippen LogP contribution >= 0.6 is 34.8 Å². The van der Waals surface area contributed by atoms with Crippen molar-refractivity contribution in [3.8, 4) is 0 Å². The molecule has 0 radical (unpaired) electrons. The second-order valence-electron chi connectivity index (χ2n) is 3.71. The SMILES string of the molecule is O=C(Nc1cc(C2CC2)no1)OCC(Cl)(Cl)Cl. The van der Waals surface area contributed by atoms with Gasteiger partial charge in [-0.05, 0) is 12.8 Å². The van der Waals surface area contributed by atoms with Crippen molar-refractivity contribution >= 4 is 46.8 Å². The van der Waals surface area contributed by atoms with Crippen LogP contribution in [0, 0.1) is 0 Å². The number of amides is 1. The largest absolute Gasteiger partial charge is 0.445 e. The minimum absolute atomic E-state index is 0.223. The van der Waals surface area contributed by atoms with E-state index in [2.05, 4.69) is 15.2 Å². The standard InChI is InChI=1S/C9H9Cl3N2O3/c10-9(11,12)4-16-8(15)13-7-3-6(14-17-7)5-1-2-5/h3,5H,1-2,4H2,(H,13,15). The Morgan fingerprint density at radius 2 is 2.29 bits per heavy atom. The molecule has 1 saturated carbocycles. The van der Waals surface area contributed by atoms with Gasteiger partial charge in [0, 0.05) is 12.0 Å². The summed E-state index contributed by atoms with van der Waals surface area (Å²) in [5.74, 6) is 0.674. The molecule has 1 fully saturated rings. The van der Waals surface area contributed by atoms with Gasteiger partial charge in [0.25, 0.3) is 0 Å². The van der Waals surface area contributed by atoms with Gasteiger partial charge < -0.3 is 9.26 Å². The van der Waals surface area contributed by atoms with Crippen molar-refractivity contribution in [2.45, 2.75) is 22.6 Å². The van der Waals surface area contributed by atoms with Gasteiger partial charge in [0.1, 0.15) is 6.61 Å². The van der Waals surface area contributed by atoms with Crippen LogP contribution in [0.5, 0.6) is 0 Å². The minimum atomic E-state index is -1.63. The molecule has 8 heteroatoms. The Morgan fingerprint density at radius 3 is 2.88 bits per heavy atom. The number of halogens is 3. The molecule has 0 aliphatic heterocycles. The van der Waals surface area contributed by atoms with E-state index in [0.717, 1.165) is 18.5 Å². The molecule has 1 aliphatic rings. The highest BCUT2D eigenvalue weighted by atomic mass is 35.6. The number of aromatic nitrogens is 1.